The fraction of sp³-hybridized carbons (Fsp3) is 0.786. The van der Waals surface area contributed by atoms with Crippen molar-refractivity contribution in [3.8, 4) is 0 Å². The minimum absolute atomic E-state index is 0.196. The van der Waals surface area contributed by atoms with Crippen molar-refractivity contribution in [1.82, 2.24) is 15.1 Å². The molecule has 1 aromatic heterocycles. The fourth-order valence-corrected chi connectivity index (χ4v) is 2.26. The number of nitrogens with zero attached hydrogens (tertiary/aromatic N) is 2. The molecule has 4 nitrogen and oxygen atoms in total. The van der Waals surface area contributed by atoms with Crippen LogP contribution < -0.4 is 0 Å². The Morgan fingerprint density at radius 3 is 2.50 bits per heavy atom. The first kappa shape index (κ1) is 15.2. The molecule has 0 aromatic carbocycles. The number of rotatable bonds is 7. The van der Waals surface area contributed by atoms with Crippen LogP contribution in [0.4, 0.5) is 0 Å². The number of hydrogen-bond donors (Lipinski definition) is 2. The number of likely N-dealkylation sites (N-methyl/N-ethyl adjacent to an activating group) is 1. The summed E-state index contributed by atoms with van der Waals surface area (Å²) in [4.78, 5) is 2.18. The molecule has 0 amide bonds. The molecule has 0 spiro atoms. The van der Waals surface area contributed by atoms with Gasteiger partial charge in [0, 0.05) is 18.3 Å². The highest BCUT2D eigenvalue weighted by atomic mass is 16.3. The van der Waals surface area contributed by atoms with Gasteiger partial charge in [0.05, 0.1) is 12.3 Å². The first-order valence-corrected chi connectivity index (χ1v) is 6.78. The van der Waals surface area contributed by atoms with E-state index in [1.807, 2.05) is 7.05 Å². The van der Waals surface area contributed by atoms with E-state index >= 15 is 0 Å². The van der Waals surface area contributed by atoms with Crippen molar-refractivity contribution in [2.45, 2.75) is 46.7 Å². The Morgan fingerprint density at radius 1 is 1.33 bits per heavy atom. The van der Waals surface area contributed by atoms with Gasteiger partial charge in [-0.3, -0.25) is 10.00 Å². The van der Waals surface area contributed by atoms with Crippen LogP contribution in [0.1, 0.15) is 39.1 Å². The van der Waals surface area contributed by atoms with Crippen LogP contribution in [0, 0.1) is 11.8 Å². The lowest BCUT2D eigenvalue weighted by Gasteiger charge is -2.28. The summed E-state index contributed by atoms with van der Waals surface area (Å²) in [6.45, 7) is 9.65. The largest absolute Gasteiger partial charge is 0.395 e. The molecule has 1 unspecified atom stereocenters. The molecule has 1 rings (SSSR count). The molecule has 0 saturated heterocycles. The van der Waals surface area contributed by atoms with Gasteiger partial charge < -0.3 is 5.11 Å². The Balaban J connectivity index is 2.58. The summed E-state index contributed by atoms with van der Waals surface area (Å²) in [7, 11) is 2.05. The molecule has 0 radical (unpaired) electrons. The summed E-state index contributed by atoms with van der Waals surface area (Å²) >= 11 is 0. The third-order valence-corrected chi connectivity index (χ3v) is 3.24. The number of H-pyrrole nitrogens is 1. The van der Waals surface area contributed by atoms with Crippen LogP contribution in [0.25, 0.3) is 0 Å². The van der Waals surface area contributed by atoms with E-state index in [1.165, 1.54) is 0 Å². The molecule has 0 fully saturated rings. The van der Waals surface area contributed by atoms with Gasteiger partial charge in [0.15, 0.2) is 0 Å². The van der Waals surface area contributed by atoms with Gasteiger partial charge >= 0.3 is 0 Å². The zero-order chi connectivity index (χ0) is 13.7. The fourth-order valence-electron chi connectivity index (χ4n) is 2.26. The average molecular weight is 253 g/mol. The Kier molecular flexibility index (Phi) is 5.82. The molecule has 1 atom stereocenters. The maximum absolute atomic E-state index is 9.40. The second kappa shape index (κ2) is 6.90. The third-order valence-electron chi connectivity index (χ3n) is 3.24. The molecule has 0 bridgehead atoms. The molecule has 1 aromatic rings. The van der Waals surface area contributed by atoms with Gasteiger partial charge in [0.25, 0.3) is 0 Å². The third kappa shape index (κ3) is 4.42. The maximum Gasteiger partial charge on any atom is 0.0628 e. The SMILES string of the molecule is CC(C)Cc1cc(CN(C)C(CO)C(C)C)[nH]n1. The van der Waals surface area contributed by atoms with Crippen molar-refractivity contribution >= 4 is 0 Å². The number of nitrogens with one attached hydrogen (secondary N) is 1. The lowest BCUT2D eigenvalue weighted by molar-refractivity contribution is 0.107. The molecule has 0 aliphatic carbocycles. The summed E-state index contributed by atoms with van der Waals surface area (Å²) in [6.07, 6.45) is 1.01. The molecular weight excluding hydrogens is 226 g/mol. The minimum atomic E-state index is 0.196. The molecule has 0 aliphatic rings. The molecule has 0 saturated carbocycles. The lowest BCUT2D eigenvalue weighted by atomic mass is 10.0. The molecule has 4 heteroatoms. The van der Waals surface area contributed by atoms with E-state index in [1.54, 1.807) is 0 Å². The van der Waals surface area contributed by atoms with Gasteiger partial charge in [0.2, 0.25) is 0 Å². The van der Waals surface area contributed by atoms with E-state index < -0.39 is 0 Å². The Bertz CT molecular complexity index is 347. The molecule has 18 heavy (non-hydrogen) atoms. The van der Waals surface area contributed by atoms with Crippen molar-refractivity contribution < 1.29 is 5.11 Å². The van der Waals surface area contributed by atoms with Crippen LogP contribution in [0.2, 0.25) is 0 Å². The van der Waals surface area contributed by atoms with E-state index in [-0.39, 0.29) is 12.6 Å². The highest BCUT2D eigenvalue weighted by molar-refractivity contribution is 5.09. The smallest absolute Gasteiger partial charge is 0.0628 e. The van der Waals surface area contributed by atoms with Crippen molar-refractivity contribution in [3.05, 3.63) is 17.5 Å². The number of aliphatic hydroxyl groups excluding tert-OH is 1. The minimum Gasteiger partial charge on any atom is -0.395 e. The quantitative estimate of drug-likeness (QED) is 0.782. The predicted octanol–water partition coefficient (Wildman–Crippen LogP) is 2.06. The van der Waals surface area contributed by atoms with Crippen molar-refractivity contribution in [1.29, 1.82) is 0 Å². The van der Waals surface area contributed by atoms with Gasteiger partial charge in [-0.1, -0.05) is 27.7 Å². The van der Waals surface area contributed by atoms with E-state index in [2.05, 4.69) is 48.9 Å². The molecule has 104 valence electrons. The van der Waals surface area contributed by atoms with Gasteiger partial charge in [-0.2, -0.15) is 5.10 Å². The Hall–Kier alpha value is -0.870. The summed E-state index contributed by atoms with van der Waals surface area (Å²) in [5.74, 6) is 1.07. The number of aliphatic hydroxyl groups is 1. The van der Waals surface area contributed by atoms with Crippen molar-refractivity contribution in [2.75, 3.05) is 13.7 Å². The maximum atomic E-state index is 9.40. The first-order valence-electron chi connectivity index (χ1n) is 6.78. The van der Waals surface area contributed by atoms with Crippen LogP contribution >= 0.6 is 0 Å². The van der Waals surface area contributed by atoms with E-state index in [0.29, 0.717) is 11.8 Å². The highest BCUT2D eigenvalue weighted by Gasteiger charge is 2.18. The first-order chi connectivity index (χ1) is 8.43. The van der Waals surface area contributed by atoms with E-state index in [0.717, 1.165) is 24.4 Å². The summed E-state index contributed by atoms with van der Waals surface area (Å²) in [5.41, 5.74) is 2.24. The van der Waals surface area contributed by atoms with E-state index in [4.69, 9.17) is 0 Å². The average Bonchev–Trinajstić information content (AvgIpc) is 2.64. The van der Waals surface area contributed by atoms with Crippen LogP contribution in [0.3, 0.4) is 0 Å². The van der Waals surface area contributed by atoms with Crippen LogP contribution in [-0.4, -0.2) is 39.9 Å². The number of aromatic nitrogens is 2. The van der Waals surface area contributed by atoms with Crippen molar-refractivity contribution in [2.24, 2.45) is 11.8 Å². The summed E-state index contributed by atoms with van der Waals surface area (Å²) in [5, 5.41) is 16.8. The van der Waals surface area contributed by atoms with E-state index in [9.17, 15) is 5.11 Å². The zero-order valence-corrected chi connectivity index (χ0v) is 12.3. The second-order valence-electron chi connectivity index (χ2n) is 5.89. The Morgan fingerprint density at radius 2 is 2.00 bits per heavy atom. The van der Waals surface area contributed by atoms with Gasteiger partial charge in [0.1, 0.15) is 0 Å². The molecule has 0 aliphatic heterocycles. The van der Waals surface area contributed by atoms with Gasteiger partial charge in [-0.05, 0) is 31.4 Å². The topological polar surface area (TPSA) is 52.1 Å². The molecular formula is C14H27N3O. The highest BCUT2D eigenvalue weighted by Crippen LogP contribution is 2.13. The normalized spacial score (nSPS) is 13.8. The number of hydrogen-bond acceptors (Lipinski definition) is 3. The molecule has 2 N–H and O–H groups in total. The molecule has 1 heterocycles. The zero-order valence-electron chi connectivity index (χ0n) is 12.3. The number of aromatic amines is 1. The van der Waals surface area contributed by atoms with Crippen molar-refractivity contribution in [3.63, 3.8) is 0 Å². The lowest BCUT2D eigenvalue weighted by Crippen LogP contribution is -2.38. The summed E-state index contributed by atoms with van der Waals surface area (Å²) in [6, 6.07) is 2.33. The Labute approximate surface area is 110 Å². The predicted molar refractivity (Wildman–Crippen MR) is 74.3 cm³/mol. The van der Waals surface area contributed by atoms with Gasteiger partial charge in [-0.25, -0.2) is 0 Å². The summed E-state index contributed by atoms with van der Waals surface area (Å²) < 4.78 is 0. The monoisotopic (exact) mass is 253 g/mol. The second-order valence-corrected chi connectivity index (χ2v) is 5.89. The standard InChI is InChI=1S/C14H27N3O/c1-10(2)6-12-7-13(16-15-12)8-17(5)14(9-18)11(3)4/h7,10-11,14,18H,6,8-9H2,1-5H3,(H,15,16). The van der Waals surface area contributed by atoms with Gasteiger partial charge in [-0.15, -0.1) is 0 Å². The van der Waals surface area contributed by atoms with Crippen LogP contribution in [-0.2, 0) is 13.0 Å². The van der Waals surface area contributed by atoms with Crippen LogP contribution in [0.5, 0.6) is 0 Å². The van der Waals surface area contributed by atoms with Crippen LogP contribution in [0.15, 0.2) is 6.07 Å².